The van der Waals surface area contributed by atoms with E-state index < -0.39 is 0 Å². The van der Waals surface area contributed by atoms with Crippen LogP contribution in [0.3, 0.4) is 0 Å². The van der Waals surface area contributed by atoms with Crippen molar-refractivity contribution < 1.29 is 4.79 Å². The van der Waals surface area contributed by atoms with Gasteiger partial charge in [0.05, 0.1) is 18.2 Å². The lowest BCUT2D eigenvalue weighted by Crippen LogP contribution is -2.14. The third-order valence-corrected chi connectivity index (χ3v) is 3.36. The average molecular weight is 262 g/mol. The van der Waals surface area contributed by atoms with Gasteiger partial charge in [0.25, 0.3) is 0 Å². The lowest BCUT2D eigenvalue weighted by molar-refractivity contribution is -0.115. The van der Waals surface area contributed by atoms with Crippen molar-refractivity contribution in [3.63, 3.8) is 0 Å². The average Bonchev–Trinajstić information content (AvgIpc) is 2.78. The first kappa shape index (κ1) is 12.7. The van der Waals surface area contributed by atoms with Crippen LogP contribution in [0, 0.1) is 0 Å². The molecule has 1 amide bonds. The summed E-state index contributed by atoms with van der Waals surface area (Å²) in [5.41, 5.74) is 7.20. The second kappa shape index (κ2) is 5.70. The van der Waals surface area contributed by atoms with Crippen molar-refractivity contribution in [2.75, 3.05) is 5.32 Å². The number of nitrogens with zero attached hydrogens (tertiary/aromatic N) is 2. The predicted molar refractivity (Wildman–Crippen MR) is 71.3 cm³/mol. The van der Waals surface area contributed by atoms with Crippen LogP contribution in [0.15, 0.2) is 29.9 Å². The highest BCUT2D eigenvalue weighted by molar-refractivity contribution is 7.09. The number of nitrogens with one attached hydrogen (secondary N) is 1. The van der Waals surface area contributed by atoms with Crippen molar-refractivity contribution in [2.24, 2.45) is 5.73 Å². The number of thiazole rings is 1. The Morgan fingerprint density at radius 1 is 1.50 bits per heavy atom. The number of hydrogen-bond acceptors (Lipinski definition) is 5. The van der Waals surface area contributed by atoms with Crippen molar-refractivity contribution in [1.29, 1.82) is 0 Å². The van der Waals surface area contributed by atoms with Gasteiger partial charge in [0.1, 0.15) is 5.01 Å². The number of carbonyl (C=O) groups is 1. The summed E-state index contributed by atoms with van der Waals surface area (Å²) in [6, 6.07) is 3.39. The van der Waals surface area contributed by atoms with E-state index in [1.54, 1.807) is 24.5 Å². The van der Waals surface area contributed by atoms with E-state index in [1.807, 2.05) is 12.3 Å². The number of aromatic nitrogens is 2. The highest BCUT2D eigenvalue weighted by Gasteiger charge is 2.09. The molecule has 0 fully saturated rings. The summed E-state index contributed by atoms with van der Waals surface area (Å²) in [6.07, 6.45) is 3.52. The van der Waals surface area contributed by atoms with Gasteiger partial charge in [-0.25, -0.2) is 4.98 Å². The van der Waals surface area contributed by atoms with E-state index in [0.717, 1.165) is 16.4 Å². The van der Waals surface area contributed by atoms with Gasteiger partial charge in [0.2, 0.25) is 5.91 Å². The molecule has 0 radical (unpaired) electrons. The molecule has 18 heavy (non-hydrogen) atoms. The fourth-order valence-corrected chi connectivity index (χ4v) is 2.20. The van der Waals surface area contributed by atoms with Crippen molar-refractivity contribution in [3.8, 4) is 0 Å². The number of amides is 1. The van der Waals surface area contributed by atoms with Gasteiger partial charge in [-0.05, 0) is 19.1 Å². The largest absolute Gasteiger partial charge is 0.326 e. The van der Waals surface area contributed by atoms with Crippen LogP contribution in [0.1, 0.15) is 23.7 Å². The SMILES string of the molecule is CC(N)c1nc(CC(=O)Nc2ccncc2)cs1. The summed E-state index contributed by atoms with van der Waals surface area (Å²) in [4.78, 5) is 20.0. The zero-order valence-corrected chi connectivity index (χ0v) is 10.8. The van der Waals surface area contributed by atoms with Crippen LogP contribution in [0.25, 0.3) is 0 Å². The molecule has 0 bridgehead atoms. The van der Waals surface area contributed by atoms with Crippen molar-refractivity contribution in [1.82, 2.24) is 9.97 Å². The van der Waals surface area contributed by atoms with Crippen molar-refractivity contribution in [3.05, 3.63) is 40.6 Å². The Bertz CT molecular complexity index is 524. The first-order valence-corrected chi connectivity index (χ1v) is 6.43. The molecule has 1 unspecified atom stereocenters. The van der Waals surface area contributed by atoms with Crippen LogP contribution in [-0.2, 0) is 11.2 Å². The second-order valence-corrected chi connectivity index (χ2v) is 4.82. The Kier molecular flexibility index (Phi) is 4.01. The smallest absolute Gasteiger partial charge is 0.230 e. The van der Waals surface area contributed by atoms with E-state index in [9.17, 15) is 4.79 Å². The molecule has 6 heteroatoms. The summed E-state index contributed by atoms with van der Waals surface area (Å²) in [6.45, 7) is 1.87. The fraction of sp³-hybridized carbons (Fsp3) is 0.250. The molecule has 2 aromatic rings. The van der Waals surface area contributed by atoms with E-state index in [1.165, 1.54) is 11.3 Å². The minimum atomic E-state index is -0.0947. The monoisotopic (exact) mass is 262 g/mol. The molecule has 0 aliphatic heterocycles. The summed E-state index contributed by atoms with van der Waals surface area (Å²) in [7, 11) is 0. The van der Waals surface area contributed by atoms with Crippen LogP contribution in [0.2, 0.25) is 0 Å². The highest BCUT2D eigenvalue weighted by Crippen LogP contribution is 2.16. The lowest BCUT2D eigenvalue weighted by atomic mass is 10.3. The maximum absolute atomic E-state index is 11.8. The van der Waals surface area contributed by atoms with E-state index in [-0.39, 0.29) is 18.4 Å². The van der Waals surface area contributed by atoms with Gasteiger partial charge in [0, 0.05) is 23.5 Å². The third-order valence-electron chi connectivity index (χ3n) is 2.26. The minimum absolute atomic E-state index is 0.0907. The van der Waals surface area contributed by atoms with Crippen LogP contribution < -0.4 is 11.1 Å². The number of nitrogens with two attached hydrogens (primary N) is 1. The maximum Gasteiger partial charge on any atom is 0.230 e. The van der Waals surface area contributed by atoms with E-state index in [0.29, 0.717) is 0 Å². The van der Waals surface area contributed by atoms with Crippen molar-refractivity contribution >= 4 is 22.9 Å². The molecule has 0 aliphatic carbocycles. The third kappa shape index (κ3) is 3.35. The number of hydrogen-bond donors (Lipinski definition) is 2. The molecule has 0 aliphatic rings. The molecule has 3 N–H and O–H groups in total. The molecule has 1 atom stereocenters. The Labute approximate surface area is 109 Å². The molecular weight excluding hydrogens is 248 g/mol. The molecule has 0 aromatic carbocycles. The fourth-order valence-electron chi connectivity index (χ4n) is 1.42. The molecule has 0 saturated heterocycles. The topological polar surface area (TPSA) is 80.9 Å². The van der Waals surface area contributed by atoms with Gasteiger partial charge in [-0.15, -0.1) is 11.3 Å². The van der Waals surface area contributed by atoms with Crippen LogP contribution in [0.4, 0.5) is 5.69 Å². The number of rotatable bonds is 4. The Hall–Kier alpha value is -1.79. The molecule has 0 spiro atoms. The van der Waals surface area contributed by atoms with E-state index in [4.69, 9.17) is 5.73 Å². The van der Waals surface area contributed by atoms with Gasteiger partial charge in [-0.1, -0.05) is 0 Å². The standard InChI is InChI=1S/C12H14N4OS/c1-8(13)12-16-10(7-18-12)6-11(17)15-9-2-4-14-5-3-9/h2-5,7-8H,6,13H2,1H3,(H,14,15,17). The summed E-state index contributed by atoms with van der Waals surface area (Å²) in [5.74, 6) is -0.0947. The first-order chi connectivity index (χ1) is 8.65. The Morgan fingerprint density at radius 2 is 2.22 bits per heavy atom. The normalized spacial score (nSPS) is 12.1. The van der Waals surface area contributed by atoms with Gasteiger partial charge < -0.3 is 11.1 Å². The highest BCUT2D eigenvalue weighted by atomic mass is 32.1. The summed E-state index contributed by atoms with van der Waals surface area (Å²) in [5, 5.41) is 5.50. The molecule has 0 saturated carbocycles. The summed E-state index contributed by atoms with van der Waals surface area (Å²) < 4.78 is 0. The van der Waals surface area contributed by atoms with Crippen LogP contribution in [-0.4, -0.2) is 15.9 Å². The van der Waals surface area contributed by atoms with Crippen LogP contribution in [0.5, 0.6) is 0 Å². The van der Waals surface area contributed by atoms with Gasteiger partial charge >= 0.3 is 0 Å². The zero-order valence-electron chi connectivity index (χ0n) is 9.96. The molecular formula is C12H14N4OS. The molecule has 2 aromatic heterocycles. The van der Waals surface area contributed by atoms with Gasteiger partial charge in [0.15, 0.2) is 0 Å². The quantitative estimate of drug-likeness (QED) is 0.879. The van der Waals surface area contributed by atoms with Gasteiger partial charge in [-0.2, -0.15) is 0 Å². The summed E-state index contributed by atoms with van der Waals surface area (Å²) >= 11 is 1.48. The molecule has 2 heterocycles. The number of anilines is 1. The zero-order chi connectivity index (χ0) is 13.0. The number of carbonyl (C=O) groups excluding carboxylic acids is 1. The van der Waals surface area contributed by atoms with E-state index >= 15 is 0 Å². The maximum atomic E-state index is 11.8. The lowest BCUT2D eigenvalue weighted by Gasteiger charge is -2.03. The minimum Gasteiger partial charge on any atom is -0.326 e. The number of pyridine rings is 1. The molecule has 5 nitrogen and oxygen atoms in total. The second-order valence-electron chi connectivity index (χ2n) is 3.93. The first-order valence-electron chi connectivity index (χ1n) is 5.55. The molecule has 94 valence electrons. The van der Waals surface area contributed by atoms with Gasteiger partial charge in [-0.3, -0.25) is 9.78 Å². The van der Waals surface area contributed by atoms with Crippen LogP contribution >= 0.6 is 11.3 Å². The molecule has 2 rings (SSSR count). The van der Waals surface area contributed by atoms with E-state index in [2.05, 4.69) is 15.3 Å². The van der Waals surface area contributed by atoms with Crippen molar-refractivity contribution in [2.45, 2.75) is 19.4 Å². The Morgan fingerprint density at radius 3 is 2.83 bits per heavy atom. The predicted octanol–water partition coefficient (Wildman–Crippen LogP) is 1.74. The Balaban J connectivity index is 1.95.